The molecule has 0 unspecified atom stereocenters. The normalized spacial score (nSPS) is 22.3. The average Bonchev–Trinajstić information content (AvgIpc) is 2.58. The number of hydrogen-bond acceptors (Lipinski definition) is 3. The van der Waals surface area contributed by atoms with E-state index in [1.165, 1.54) is 16.7 Å². The minimum Gasteiger partial charge on any atom is -0.344 e. The fraction of sp³-hybridized carbons (Fsp3) is 0.579. The third kappa shape index (κ3) is 3.78. The van der Waals surface area contributed by atoms with Crippen molar-refractivity contribution in [2.45, 2.75) is 45.7 Å². The minimum atomic E-state index is -0.309. The molecule has 1 atom stereocenters. The van der Waals surface area contributed by atoms with Crippen molar-refractivity contribution in [2.24, 2.45) is 0 Å². The van der Waals surface area contributed by atoms with Crippen LogP contribution in [0.2, 0.25) is 0 Å². The first kappa shape index (κ1) is 17.0. The molecule has 1 N–H and O–H groups in total. The molecule has 2 aliphatic heterocycles. The predicted octanol–water partition coefficient (Wildman–Crippen LogP) is 1.62. The molecule has 0 aromatic heterocycles. The van der Waals surface area contributed by atoms with Crippen molar-refractivity contribution in [1.82, 2.24) is 15.1 Å². The lowest BCUT2D eigenvalue weighted by Gasteiger charge is -2.37. The summed E-state index contributed by atoms with van der Waals surface area (Å²) in [6.45, 7) is 8.54. The highest BCUT2D eigenvalue weighted by molar-refractivity contribution is 5.88. The van der Waals surface area contributed by atoms with Crippen LogP contribution in [-0.4, -0.2) is 53.8 Å². The van der Waals surface area contributed by atoms with E-state index in [1.807, 2.05) is 4.90 Å². The molecule has 0 spiro atoms. The number of benzene rings is 1. The maximum Gasteiger partial charge on any atom is 0.245 e. The summed E-state index contributed by atoms with van der Waals surface area (Å²) in [5.74, 6) is 0.100. The largest absolute Gasteiger partial charge is 0.344 e. The molecular formula is C19H27N3O2. The summed E-state index contributed by atoms with van der Waals surface area (Å²) in [6, 6.07) is 6.11. The van der Waals surface area contributed by atoms with Crippen LogP contribution in [-0.2, 0) is 16.1 Å². The van der Waals surface area contributed by atoms with Gasteiger partial charge in [-0.15, -0.1) is 0 Å². The molecule has 130 valence electrons. The van der Waals surface area contributed by atoms with E-state index in [2.05, 4.69) is 42.3 Å². The van der Waals surface area contributed by atoms with Gasteiger partial charge in [0.25, 0.3) is 0 Å². The Kier molecular flexibility index (Phi) is 5.19. The second-order valence-electron chi connectivity index (χ2n) is 6.98. The number of aryl methyl sites for hydroxylation is 2. The highest BCUT2D eigenvalue weighted by Crippen LogP contribution is 2.18. The zero-order valence-corrected chi connectivity index (χ0v) is 14.7. The van der Waals surface area contributed by atoms with Gasteiger partial charge >= 0.3 is 0 Å². The summed E-state index contributed by atoms with van der Waals surface area (Å²) < 4.78 is 0. The third-order valence-corrected chi connectivity index (χ3v) is 5.24. The van der Waals surface area contributed by atoms with Crippen molar-refractivity contribution in [2.75, 3.05) is 26.2 Å². The van der Waals surface area contributed by atoms with Crippen LogP contribution in [0.15, 0.2) is 18.2 Å². The first-order valence-corrected chi connectivity index (χ1v) is 8.90. The Morgan fingerprint density at radius 2 is 1.83 bits per heavy atom. The van der Waals surface area contributed by atoms with Gasteiger partial charge < -0.3 is 10.2 Å². The highest BCUT2D eigenvalue weighted by Gasteiger charge is 2.30. The number of carbonyl (C=O) groups excluding carboxylic acids is 2. The smallest absolute Gasteiger partial charge is 0.245 e. The molecule has 2 saturated heterocycles. The number of hydrogen-bond donors (Lipinski definition) is 1. The molecule has 0 radical (unpaired) electrons. The zero-order valence-electron chi connectivity index (χ0n) is 14.7. The highest BCUT2D eigenvalue weighted by atomic mass is 16.2. The first-order valence-electron chi connectivity index (χ1n) is 8.90. The van der Waals surface area contributed by atoms with Crippen LogP contribution in [0.5, 0.6) is 0 Å². The van der Waals surface area contributed by atoms with Gasteiger partial charge in [-0.05, 0) is 43.4 Å². The fourth-order valence-electron chi connectivity index (χ4n) is 3.66. The van der Waals surface area contributed by atoms with Crippen LogP contribution in [0.4, 0.5) is 0 Å². The molecule has 24 heavy (non-hydrogen) atoms. The Morgan fingerprint density at radius 3 is 2.46 bits per heavy atom. The summed E-state index contributed by atoms with van der Waals surface area (Å²) in [5, 5.41) is 2.84. The fourth-order valence-corrected chi connectivity index (χ4v) is 3.66. The Hall–Kier alpha value is -1.88. The summed E-state index contributed by atoms with van der Waals surface area (Å²) in [5.41, 5.74) is 4.06. The lowest BCUT2D eigenvalue weighted by Crippen LogP contribution is -2.55. The molecule has 2 amide bonds. The van der Waals surface area contributed by atoms with E-state index < -0.39 is 0 Å². The lowest BCUT2D eigenvalue weighted by molar-refractivity contribution is -0.139. The summed E-state index contributed by atoms with van der Waals surface area (Å²) >= 11 is 0. The summed E-state index contributed by atoms with van der Waals surface area (Å²) in [6.07, 6.45) is 2.13. The van der Waals surface area contributed by atoms with E-state index in [1.54, 1.807) is 0 Å². The maximum atomic E-state index is 12.6. The number of amides is 2. The van der Waals surface area contributed by atoms with Crippen molar-refractivity contribution in [1.29, 1.82) is 0 Å². The topological polar surface area (TPSA) is 52.7 Å². The molecule has 1 aromatic rings. The van der Waals surface area contributed by atoms with E-state index in [0.29, 0.717) is 6.42 Å². The van der Waals surface area contributed by atoms with E-state index in [4.69, 9.17) is 0 Å². The minimum absolute atomic E-state index is 0.00765. The predicted molar refractivity (Wildman–Crippen MR) is 93.6 cm³/mol. The molecule has 2 fully saturated rings. The molecule has 3 rings (SSSR count). The molecule has 0 aliphatic carbocycles. The van der Waals surface area contributed by atoms with Crippen molar-refractivity contribution in [3.63, 3.8) is 0 Å². The van der Waals surface area contributed by atoms with Gasteiger partial charge in [-0.25, -0.2) is 0 Å². The molecule has 1 aromatic carbocycles. The van der Waals surface area contributed by atoms with Crippen molar-refractivity contribution in [3.8, 4) is 0 Å². The van der Waals surface area contributed by atoms with Gasteiger partial charge in [-0.3, -0.25) is 14.5 Å². The van der Waals surface area contributed by atoms with Crippen LogP contribution in [0.25, 0.3) is 0 Å². The lowest BCUT2D eigenvalue weighted by atomic mass is 10.0. The van der Waals surface area contributed by atoms with Gasteiger partial charge in [0.2, 0.25) is 11.8 Å². The molecule has 5 heteroatoms. The number of piperazine rings is 1. The van der Waals surface area contributed by atoms with Gasteiger partial charge in [-0.2, -0.15) is 0 Å². The second-order valence-corrected chi connectivity index (χ2v) is 6.98. The molecule has 5 nitrogen and oxygen atoms in total. The van der Waals surface area contributed by atoms with Crippen LogP contribution in [0.3, 0.4) is 0 Å². The van der Waals surface area contributed by atoms with Crippen LogP contribution in [0, 0.1) is 13.8 Å². The van der Waals surface area contributed by atoms with Crippen molar-refractivity contribution >= 4 is 11.8 Å². The molecule has 2 heterocycles. The third-order valence-electron chi connectivity index (χ3n) is 5.24. The van der Waals surface area contributed by atoms with Crippen LogP contribution in [0.1, 0.15) is 36.0 Å². The number of nitrogens with zero attached hydrogens (tertiary/aromatic N) is 2. The average molecular weight is 329 g/mol. The Balaban J connectivity index is 1.54. The van der Waals surface area contributed by atoms with Gasteiger partial charge in [0.15, 0.2) is 0 Å². The SMILES string of the molecule is Cc1cccc(C)c1CN1CCN(C(=O)[C@H]2CCCC(=O)N2)CC1. The van der Waals surface area contributed by atoms with E-state index in [9.17, 15) is 9.59 Å². The van der Waals surface area contributed by atoms with Gasteiger partial charge in [0, 0.05) is 39.1 Å². The standard InChI is InChI=1S/C19H27N3O2/c1-14-5-3-6-15(2)16(14)13-21-9-11-22(12-10-21)19(24)17-7-4-8-18(23)20-17/h3,5-6,17H,4,7-13H2,1-2H3,(H,20,23)/t17-/m1/s1. The van der Waals surface area contributed by atoms with Crippen LogP contribution < -0.4 is 5.32 Å². The molecular weight excluding hydrogens is 302 g/mol. The quantitative estimate of drug-likeness (QED) is 0.917. The number of piperidine rings is 1. The van der Waals surface area contributed by atoms with Crippen molar-refractivity contribution in [3.05, 3.63) is 34.9 Å². The van der Waals surface area contributed by atoms with Crippen LogP contribution >= 0.6 is 0 Å². The molecule has 0 bridgehead atoms. The van der Waals surface area contributed by atoms with E-state index >= 15 is 0 Å². The van der Waals surface area contributed by atoms with E-state index in [-0.39, 0.29) is 17.9 Å². The first-order chi connectivity index (χ1) is 11.5. The Labute approximate surface area is 144 Å². The summed E-state index contributed by atoms with van der Waals surface area (Å²) in [7, 11) is 0. The van der Waals surface area contributed by atoms with Gasteiger partial charge in [0.05, 0.1) is 0 Å². The van der Waals surface area contributed by atoms with Gasteiger partial charge in [-0.1, -0.05) is 18.2 Å². The Morgan fingerprint density at radius 1 is 1.17 bits per heavy atom. The van der Waals surface area contributed by atoms with E-state index in [0.717, 1.165) is 45.6 Å². The maximum absolute atomic E-state index is 12.6. The second kappa shape index (κ2) is 7.34. The molecule has 2 aliphatic rings. The summed E-state index contributed by atoms with van der Waals surface area (Å²) in [4.78, 5) is 28.4. The number of carbonyl (C=O) groups is 2. The number of rotatable bonds is 3. The zero-order chi connectivity index (χ0) is 17.1. The number of nitrogens with one attached hydrogen (secondary N) is 1. The van der Waals surface area contributed by atoms with Crippen molar-refractivity contribution < 1.29 is 9.59 Å². The van der Waals surface area contributed by atoms with Gasteiger partial charge in [0.1, 0.15) is 6.04 Å². The Bertz CT molecular complexity index is 601. The monoisotopic (exact) mass is 329 g/mol. The molecule has 0 saturated carbocycles.